The number of aliphatic carboxylic acids is 1. The Hall–Kier alpha value is -3.74. The number of nitrogens with zero attached hydrogens (tertiary/aromatic N) is 2. The average molecular weight is 460 g/mol. The summed E-state index contributed by atoms with van der Waals surface area (Å²) in [7, 11) is 0. The van der Waals surface area contributed by atoms with E-state index in [9.17, 15) is 9.59 Å². The number of carbonyl (C=O) groups is 2. The van der Waals surface area contributed by atoms with E-state index >= 15 is 0 Å². The van der Waals surface area contributed by atoms with Crippen LogP contribution in [0.5, 0.6) is 0 Å². The molecule has 1 aliphatic carbocycles. The molecule has 0 unspecified atom stereocenters. The molecule has 34 heavy (non-hydrogen) atoms. The summed E-state index contributed by atoms with van der Waals surface area (Å²) >= 11 is 0. The van der Waals surface area contributed by atoms with Gasteiger partial charge in [-0.25, -0.2) is 4.79 Å². The predicted molar refractivity (Wildman–Crippen MR) is 129 cm³/mol. The number of amides is 1. The molecule has 0 radical (unpaired) electrons. The third kappa shape index (κ3) is 6.19. The number of benzene rings is 1. The third-order valence-corrected chi connectivity index (χ3v) is 6.47. The minimum Gasteiger partial charge on any atom is -0.481 e. The summed E-state index contributed by atoms with van der Waals surface area (Å²) < 4.78 is 5.28. The average Bonchev–Trinajstić information content (AvgIpc) is 2.84. The zero-order valence-electron chi connectivity index (χ0n) is 19.2. The van der Waals surface area contributed by atoms with Crippen LogP contribution in [-0.4, -0.2) is 27.1 Å². The van der Waals surface area contributed by atoms with Gasteiger partial charge in [0.05, 0.1) is 17.6 Å². The molecule has 7 heteroatoms. The first-order valence-corrected chi connectivity index (χ1v) is 11.6. The van der Waals surface area contributed by atoms with E-state index in [4.69, 9.17) is 9.84 Å². The highest BCUT2D eigenvalue weighted by molar-refractivity contribution is 5.84. The maximum atomic E-state index is 12.1. The first kappa shape index (κ1) is 23.4. The quantitative estimate of drug-likeness (QED) is 0.453. The van der Waals surface area contributed by atoms with Gasteiger partial charge in [-0.3, -0.25) is 20.1 Å². The predicted octanol–water partition coefficient (Wildman–Crippen LogP) is 5.95. The van der Waals surface area contributed by atoms with Crippen molar-refractivity contribution < 1.29 is 19.4 Å². The van der Waals surface area contributed by atoms with Gasteiger partial charge in [0.1, 0.15) is 6.61 Å². The van der Waals surface area contributed by atoms with Crippen molar-refractivity contribution in [1.82, 2.24) is 9.97 Å². The topological polar surface area (TPSA) is 101 Å². The van der Waals surface area contributed by atoms with E-state index in [1.807, 2.05) is 25.1 Å². The van der Waals surface area contributed by atoms with Crippen molar-refractivity contribution in [3.8, 4) is 11.3 Å². The molecule has 0 bridgehead atoms. The van der Waals surface area contributed by atoms with E-state index in [0.717, 1.165) is 48.2 Å². The van der Waals surface area contributed by atoms with Crippen molar-refractivity contribution in [1.29, 1.82) is 0 Å². The van der Waals surface area contributed by atoms with Crippen molar-refractivity contribution in [2.45, 2.75) is 51.6 Å². The van der Waals surface area contributed by atoms with E-state index in [1.54, 1.807) is 18.5 Å². The second kappa shape index (κ2) is 10.9. The van der Waals surface area contributed by atoms with Gasteiger partial charge in [-0.2, -0.15) is 0 Å². The summed E-state index contributed by atoms with van der Waals surface area (Å²) in [6.45, 7) is 2.03. The Morgan fingerprint density at radius 3 is 2.44 bits per heavy atom. The highest BCUT2D eigenvalue weighted by Gasteiger charge is 2.24. The van der Waals surface area contributed by atoms with Crippen LogP contribution in [0.15, 0.2) is 60.9 Å². The first-order valence-electron chi connectivity index (χ1n) is 11.6. The molecule has 1 aromatic carbocycles. The Morgan fingerprint density at radius 1 is 1.03 bits per heavy atom. The highest BCUT2D eigenvalue weighted by atomic mass is 16.5. The van der Waals surface area contributed by atoms with Gasteiger partial charge in [0.2, 0.25) is 0 Å². The summed E-state index contributed by atoms with van der Waals surface area (Å²) in [6.07, 6.45) is 7.07. The number of anilines is 1. The molecule has 1 amide bonds. The minimum absolute atomic E-state index is 0.157. The number of nitrogens with one attached hydrogen (secondary N) is 1. The molecule has 0 aliphatic heterocycles. The van der Waals surface area contributed by atoms with E-state index < -0.39 is 12.1 Å². The number of carbonyl (C=O) groups excluding carboxylic acids is 1. The molecule has 1 fully saturated rings. The van der Waals surface area contributed by atoms with Gasteiger partial charge in [-0.1, -0.05) is 30.3 Å². The number of ether oxygens (including phenoxy) is 1. The molecule has 2 N–H and O–H groups in total. The van der Waals surface area contributed by atoms with Crippen LogP contribution in [0.1, 0.15) is 54.8 Å². The molecule has 1 aliphatic rings. The number of rotatable bonds is 7. The van der Waals surface area contributed by atoms with Crippen LogP contribution in [0.2, 0.25) is 0 Å². The van der Waals surface area contributed by atoms with Crippen molar-refractivity contribution >= 4 is 17.7 Å². The largest absolute Gasteiger partial charge is 0.481 e. The standard InChI is InChI=1S/C27H29N3O4/c1-18-23(3-2-14-28-18)17-34-27(33)30-24-12-13-25(29-16-24)22-10-8-21(9-11-22)20-6-4-19(5-7-20)15-26(31)32/h2-3,8-14,16,19-20H,4-7,15,17H2,1H3,(H,30,33)(H,31,32). The van der Waals surface area contributed by atoms with Crippen LogP contribution in [0.25, 0.3) is 11.3 Å². The summed E-state index contributed by atoms with van der Waals surface area (Å²) in [4.78, 5) is 31.7. The smallest absolute Gasteiger partial charge is 0.412 e. The lowest BCUT2D eigenvalue weighted by Crippen LogP contribution is -2.16. The Bertz CT molecular complexity index is 1120. The molecule has 0 atom stereocenters. The Balaban J connectivity index is 1.29. The van der Waals surface area contributed by atoms with Crippen LogP contribution in [0, 0.1) is 12.8 Å². The summed E-state index contributed by atoms with van der Waals surface area (Å²) in [5.74, 6) is 0.0967. The Labute approximate surface area is 199 Å². The molecule has 0 spiro atoms. The maximum absolute atomic E-state index is 12.1. The second-order valence-corrected chi connectivity index (χ2v) is 8.82. The van der Waals surface area contributed by atoms with E-state index in [-0.39, 0.29) is 13.0 Å². The number of hydrogen-bond acceptors (Lipinski definition) is 5. The van der Waals surface area contributed by atoms with Crippen LogP contribution in [0.4, 0.5) is 10.5 Å². The van der Waals surface area contributed by atoms with Crippen molar-refractivity contribution in [2.75, 3.05) is 5.32 Å². The third-order valence-electron chi connectivity index (χ3n) is 6.47. The van der Waals surface area contributed by atoms with Crippen LogP contribution >= 0.6 is 0 Å². The van der Waals surface area contributed by atoms with Crippen molar-refractivity contribution in [3.05, 3.63) is 77.7 Å². The number of aryl methyl sites for hydroxylation is 1. The van der Waals surface area contributed by atoms with Gasteiger partial charge in [-0.15, -0.1) is 0 Å². The van der Waals surface area contributed by atoms with Gasteiger partial charge < -0.3 is 9.84 Å². The van der Waals surface area contributed by atoms with Gasteiger partial charge in [0.25, 0.3) is 0 Å². The lowest BCUT2D eigenvalue weighted by molar-refractivity contribution is -0.138. The second-order valence-electron chi connectivity index (χ2n) is 8.82. The SMILES string of the molecule is Cc1ncccc1COC(=O)Nc1ccc(-c2ccc(C3CCC(CC(=O)O)CC3)cc2)nc1. The fraction of sp³-hybridized carbons (Fsp3) is 0.333. The lowest BCUT2D eigenvalue weighted by Gasteiger charge is -2.28. The van der Waals surface area contributed by atoms with E-state index in [1.165, 1.54) is 5.56 Å². The van der Waals surface area contributed by atoms with Crippen LogP contribution < -0.4 is 5.32 Å². The molecule has 4 rings (SSSR count). The van der Waals surface area contributed by atoms with Crippen LogP contribution in [-0.2, 0) is 16.1 Å². The van der Waals surface area contributed by atoms with Crippen molar-refractivity contribution in [3.63, 3.8) is 0 Å². The summed E-state index contributed by atoms with van der Waals surface area (Å²) in [5.41, 5.74) is 5.38. The zero-order chi connectivity index (χ0) is 23.9. The molecule has 176 valence electrons. The number of aromatic nitrogens is 2. The van der Waals surface area contributed by atoms with Gasteiger partial charge >= 0.3 is 12.1 Å². The molecule has 2 heterocycles. The molecular formula is C27H29N3O4. The zero-order valence-corrected chi connectivity index (χ0v) is 19.2. The lowest BCUT2D eigenvalue weighted by atomic mass is 9.77. The molecule has 0 saturated heterocycles. The first-order chi connectivity index (χ1) is 16.5. The van der Waals surface area contributed by atoms with E-state index in [2.05, 4.69) is 39.6 Å². The van der Waals surface area contributed by atoms with Crippen molar-refractivity contribution in [2.24, 2.45) is 5.92 Å². The molecule has 1 saturated carbocycles. The fourth-order valence-electron chi connectivity index (χ4n) is 4.48. The minimum atomic E-state index is -0.696. The maximum Gasteiger partial charge on any atom is 0.412 e. The normalized spacial score (nSPS) is 17.7. The highest BCUT2D eigenvalue weighted by Crippen LogP contribution is 2.37. The van der Waals surface area contributed by atoms with Gasteiger partial charge in [0, 0.05) is 29.4 Å². The number of carboxylic acids is 1. The molecule has 3 aromatic rings. The number of pyridine rings is 2. The van der Waals surface area contributed by atoms with Gasteiger partial charge in [-0.05, 0) is 68.2 Å². The monoisotopic (exact) mass is 459 g/mol. The Morgan fingerprint density at radius 2 is 1.79 bits per heavy atom. The van der Waals surface area contributed by atoms with Gasteiger partial charge in [0.15, 0.2) is 0 Å². The van der Waals surface area contributed by atoms with Crippen LogP contribution in [0.3, 0.4) is 0 Å². The fourth-order valence-corrected chi connectivity index (χ4v) is 4.48. The number of hydrogen-bond donors (Lipinski definition) is 2. The molecular weight excluding hydrogens is 430 g/mol. The molecule has 7 nitrogen and oxygen atoms in total. The summed E-state index contributed by atoms with van der Waals surface area (Å²) in [6, 6.07) is 15.8. The summed E-state index contributed by atoms with van der Waals surface area (Å²) in [5, 5.41) is 11.7. The van der Waals surface area contributed by atoms with E-state index in [0.29, 0.717) is 17.5 Å². The molecule has 2 aromatic heterocycles. The Kier molecular flexibility index (Phi) is 7.52. The number of carboxylic acid groups (broad SMARTS) is 1.